The molecule has 146 heavy (non-hydrogen) atoms. The molecule has 0 aliphatic carbocycles. The molecule has 0 N–H and O–H groups in total. The zero-order valence-electron chi connectivity index (χ0n) is 86.8. The normalized spacial score (nSPS) is 15.9. The summed E-state index contributed by atoms with van der Waals surface area (Å²) >= 11 is 0. The molecule has 0 aromatic heterocycles. The van der Waals surface area contributed by atoms with Gasteiger partial charge in [-0.15, -0.1) is 0 Å². The molecule has 23 heteroatoms. The van der Waals surface area contributed by atoms with E-state index in [2.05, 4.69) is 218 Å². The van der Waals surface area contributed by atoms with Gasteiger partial charge in [-0.05, 0) is 237 Å². The Morgan fingerprint density at radius 1 is 0.185 bits per heavy atom. The van der Waals surface area contributed by atoms with Crippen LogP contribution in [0, 0.1) is 0 Å². The third-order valence-corrected chi connectivity index (χ3v) is 44.6. The third-order valence-electron chi connectivity index (χ3n) is 26.8. The minimum atomic E-state index is -0.263. The number of methoxy groups -OCH3 is 5. The van der Waals surface area contributed by atoms with Crippen molar-refractivity contribution in [1.82, 2.24) is 0 Å². The first-order chi connectivity index (χ1) is 72.0. The molecule has 7 saturated heterocycles. The van der Waals surface area contributed by atoms with E-state index in [1.165, 1.54) is 302 Å². The van der Waals surface area contributed by atoms with E-state index in [9.17, 15) is 9.59 Å². The van der Waals surface area contributed by atoms with Crippen LogP contribution in [0.2, 0.25) is 0 Å². The highest BCUT2D eigenvalue weighted by Gasteiger charge is 2.36. The number of esters is 2. The van der Waals surface area contributed by atoms with Gasteiger partial charge in [0.05, 0.1) is 52.9 Å². The van der Waals surface area contributed by atoms with Crippen molar-refractivity contribution in [3.05, 3.63) is 255 Å². The van der Waals surface area contributed by atoms with Crippen LogP contribution in [0.15, 0.2) is 289 Å². The summed E-state index contributed by atoms with van der Waals surface area (Å²) in [6.45, 7) is 10.4. The second kappa shape index (κ2) is 60.8. The lowest BCUT2D eigenvalue weighted by molar-refractivity contribution is -0.132. The van der Waals surface area contributed by atoms with E-state index in [0.29, 0.717) is 174 Å². The standard InChI is InChI=1S/C20H27O3S.C19H25O3S.C18H23O2S.C17H19O2S.C17H21O2S.C16H19O2S.C16H17O2S/c1-21-11-12-22-13-14-23-19-9-10-20(24-15-5-2-6-16-24)18-8-4-3-7-17(18)19;1-20-10-11-21-12-13-22-18-8-9-19(23-14-4-5-15-23)17-7-3-2-6-16(17)18;1-19-11-12-20-17-9-10-18(21-13-5-2-6-14-21)16-8-4-3-7-15(16)17;1-13(18)19-16-9-10-17(20-11-5-2-6-12-20)15-8-4-3-7-14(15)16;1-18-10-11-19-16-8-9-17(20-12-4-5-13-20)15-7-3-2-6-14(15)16;1-17-12-18-15-8-9-16(19-10-4-5-11-19)14-7-3-2-6-13(14)15;1-12(17)18-15-8-9-16(19-10-4-5-11-19)14-7-3-2-6-13(14)15/h3-4,7-10H,2,5-6,11-16H2,1H3;2-3,6-9H,4-5,10-15H2,1H3;3-4,7-10H,2,5-6,11-14H2,1H3;3-4,7-10H,2,5-6,11-12H2,1H3;2-3,6-9H,4-5,10-13H2,1H3;2-3,6-9H,4-5,10-12H2,1H3;2-3,6-9H,4-5,10-11H2,1H3/q7*+1. The topological polar surface area (TPSA) is 163 Å². The smallest absolute Gasteiger partial charge is 0.308 e. The SMILES string of the molecule is CC(=O)Oc1ccc([S+]2CCCC2)c2ccccc12.CC(=O)Oc1ccc([S+]2CCCCC2)c2ccccc12.COCCOCCOc1ccc([S+]2CCCC2)c2ccccc12.COCCOCCOc1ccc([S+]2CCCCC2)c2ccccc12.COCCOc1ccc([S+]2CCCC2)c2ccccc12.COCCOc1ccc([S+]2CCCCC2)c2ccccc12.COCOc1ccc([S+]2CCCC2)c2ccccc12. The van der Waals surface area contributed by atoms with Gasteiger partial charge in [0.15, 0.2) is 41.1 Å². The largest absolute Gasteiger partial charge is 0.491 e. The van der Waals surface area contributed by atoms with Gasteiger partial charge in [-0.3, -0.25) is 9.59 Å². The van der Waals surface area contributed by atoms with E-state index >= 15 is 0 Å². The van der Waals surface area contributed by atoms with Crippen molar-refractivity contribution >= 4 is 164 Å². The maximum absolute atomic E-state index is 11.2. The molecule has 0 unspecified atom stereocenters. The fourth-order valence-corrected chi connectivity index (χ4v) is 37.2. The first-order valence-electron chi connectivity index (χ1n) is 52.5. The molecular formula is C123H151O16S7+7. The molecule has 14 aromatic rings. The maximum atomic E-state index is 11.2. The Morgan fingerprint density at radius 3 is 0.548 bits per heavy atom. The van der Waals surface area contributed by atoms with Gasteiger partial charge in [0.2, 0.25) is 0 Å². The molecule has 0 radical (unpaired) electrons. The third kappa shape index (κ3) is 31.6. The molecule has 21 rings (SSSR count). The zero-order valence-corrected chi connectivity index (χ0v) is 92.5. The molecule has 774 valence electrons. The van der Waals surface area contributed by atoms with Crippen LogP contribution in [-0.2, 0) is 119 Å². The van der Waals surface area contributed by atoms with E-state index < -0.39 is 0 Å². The van der Waals surface area contributed by atoms with Crippen molar-refractivity contribution in [2.45, 2.75) is 157 Å². The lowest BCUT2D eigenvalue weighted by Crippen LogP contribution is -2.18. The fraction of sp³-hybridized carbons (Fsp3) is 0.415. The van der Waals surface area contributed by atoms with Crippen LogP contribution in [-0.4, -0.2) is 214 Å². The molecule has 0 atom stereocenters. The Labute approximate surface area is 886 Å². The van der Waals surface area contributed by atoms with E-state index in [4.69, 9.17) is 66.3 Å². The highest BCUT2D eigenvalue weighted by atomic mass is 32.2. The number of hydrogen-bond acceptors (Lipinski definition) is 16. The molecule has 0 saturated carbocycles. The van der Waals surface area contributed by atoms with Gasteiger partial charge in [-0.25, -0.2) is 0 Å². The van der Waals surface area contributed by atoms with Gasteiger partial charge in [0.1, 0.15) is 147 Å². The minimum absolute atomic E-state index is 0.261. The summed E-state index contributed by atoms with van der Waals surface area (Å²) in [4.78, 5) is 32.9. The summed E-state index contributed by atoms with van der Waals surface area (Å²) in [5.74, 6) is 24.3. The molecule has 14 aromatic carbocycles. The Hall–Kier alpha value is -8.99. The Balaban J connectivity index is 0.000000128. The lowest BCUT2D eigenvalue weighted by atomic mass is 10.1. The monoisotopic (exact) mass is 2110 g/mol. The Bertz CT molecular complexity index is 6380. The second-order valence-electron chi connectivity index (χ2n) is 36.9. The van der Waals surface area contributed by atoms with Crippen LogP contribution in [0.1, 0.15) is 123 Å². The summed E-state index contributed by atoms with van der Waals surface area (Å²) in [7, 11) is 11.3. The Kier molecular flexibility index (Phi) is 46.2. The number of ether oxygens (including phenoxy) is 14. The van der Waals surface area contributed by atoms with Crippen LogP contribution < -0.4 is 33.2 Å². The molecule has 7 aliphatic rings. The average Bonchev–Trinajstić information content (AvgIpc) is 1.23. The van der Waals surface area contributed by atoms with Crippen molar-refractivity contribution in [3.8, 4) is 40.2 Å². The number of rotatable bonds is 34. The molecule has 16 nitrogen and oxygen atoms in total. The highest BCUT2D eigenvalue weighted by molar-refractivity contribution is 7.99. The van der Waals surface area contributed by atoms with Gasteiger partial charge in [0.25, 0.3) is 0 Å². The molecule has 7 heterocycles. The van der Waals surface area contributed by atoms with E-state index in [1.54, 1.807) is 35.5 Å². The van der Waals surface area contributed by atoms with Crippen molar-refractivity contribution < 1.29 is 75.9 Å². The number of carbonyl (C=O) groups is 2. The first-order valence-corrected chi connectivity index (χ1v) is 63.4. The second-order valence-corrected chi connectivity index (χ2v) is 52.6. The summed E-state index contributed by atoms with van der Waals surface area (Å²) in [6.07, 6.45) is 23.3. The number of benzene rings is 14. The fourth-order valence-electron chi connectivity index (χ4n) is 19.7. The van der Waals surface area contributed by atoms with Gasteiger partial charge < -0.3 is 66.3 Å². The summed E-state index contributed by atoms with van der Waals surface area (Å²) < 4.78 is 76.0. The van der Waals surface area contributed by atoms with E-state index in [-0.39, 0.29) is 11.9 Å². The van der Waals surface area contributed by atoms with Crippen LogP contribution in [0.5, 0.6) is 40.2 Å². The van der Waals surface area contributed by atoms with Crippen molar-refractivity contribution in [2.75, 3.05) is 202 Å². The van der Waals surface area contributed by atoms with Crippen molar-refractivity contribution in [3.63, 3.8) is 0 Å². The van der Waals surface area contributed by atoms with Crippen LogP contribution in [0.25, 0.3) is 75.4 Å². The number of carbonyl (C=O) groups excluding carboxylic acids is 2. The highest BCUT2D eigenvalue weighted by Crippen LogP contribution is 2.43. The van der Waals surface area contributed by atoms with Crippen molar-refractivity contribution in [1.29, 1.82) is 0 Å². The lowest BCUT2D eigenvalue weighted by Gasteiger charge is -2.16. The average molecular weight is 2110 g/mol. The number of fused-ring (bicyclic) bond motifs is 7. The molecule has 7 fully saturated rings. The van der Waals surface area contributed by atoms with E-state index in [1.807, 2.05) is 36.4 Å². The Morgan fingerprint density at radius 2 is 0.349 bits per heavy atom. The predicted octanol–water partition coefficient (Wildman–Crippen LogP) is 26.4. The maximum Gasteiger partial charge on any atom is 0.308 e. The predicted molar refractivity (Wildman–Crippen MR) is 620 cm³/mol. The quantitative estimate of drug-likeness (QED) is 0.0123. The number of hydrogen-bond donors (Lipinski definition) is 0. The minimum Gasteiger partial charge on any atom is -0.491 e. The molecule has 0 amide bonds. The van der Waals surface area contributed by atoms with Gasteiger partial charge in [-0.2, -0.15) is 0 Å². The summed E-state index contributed by atoms with van der Waals surface area (Å²) in [5.41, 5.74) is 0. The molecule has 0 spiro atoms. The zero-order chi connectivity index (χ0) is 101. The van der Waals surface area contributed by atoms with E-state index in [0.717, 1.165) is 39.5 Å². The molecular weight excluding hydrogens is 1960 g/mol. The van der Waals surface area contributed by atoms with Gasteiger partial charge in [-0.1, -0.05) is 127 Å². The summed E-state index contributed by atoms with van der Waals surface area (Å²) in [6, 6.07) is 89.9. The summed E-state index contributed by atoms with van der Waals surface area (Å²) in [5, 5.41) is 17.5. The van der Waals surface area contributed by atoms with Crippen LogP contribution in [0.4, 0.5) is 0 Å². The first kappa shape index (κ1) is 111. The molecule has 7 aliphatic heterocycles. The van der Waals surface area contributed by atoms with Crippen LogP contribution >= 0.6 is 0 Å². The van der Waals surface area contributed by atoms with Gasteiger partial charge in [0, 0.05) is 201 Å². The van der Waals surface area contributed by atoms with Gasteiger partial charge >= 0.3 is 11.9 Å². The van der Waals surface area contributed by atoms with Crippen molar-refractivity contribution in [2.24, 2.45) is 0 Å². The van der Waals surface area contributed by atoms with Crippen LogP contribution in [0.3, 0.4) is 0 Å². The molecule has 0 bridgehead atoms.